The van der Waals surface area contributed by atoms with Gasteiger partial charge in [-0.2, -0.15) is 4.39 Å². The molecule has 0 unspecified atom stereocenters. The highest BCUT2D eigenvalue weighted by Crippen LogP contribution is 2.30. The third-order valence-corrected chi connectivity index (χ3v) is 5.89. The molecule has 178 valence electrons. The van der Waals surface area contributed by atoms with Crippen LogP contribution >= 0.6 is 11.8 Å². The number of rotatable bonds is 7. The summed E-state index contributed by atoms with van der Waals surface area (Å²) in [6.45, 7) is 1.84. The Morgan fingerprint density at radius 2 is 1.89 bits per heavy atom. The Balaban J connectivity index is 1.56. The van der Waals surface area contributed by atoms with Crippen LogP contribution in [-0.4, -0.2) is 34.2 Å². The van der Waals surface area contributed by atoms with Crippen molar-refractivity contribution >= 4 is 35.0 Å². The number of aromatic nitrogens is 3. The number of methoxy groups -OCH3 is 1. The molecule has 2 aromatic carbocycles. The van der Waals surface area contributed by atoms with Crippen molar-refractivity contribution in [2.24, 2.45) is 0 Å². The van der Waals surface area contributed by atoms with Gasteiger partial charge in [0.1, 0.15) is 11.6 Å². The molecular formula is C25H21F2N5O2S. The van der Waals surface area contributed by atoms with E-state index in [0.29, 0.717) is 22.7 Å². The average molecular weight is 494 g/mol. The lowest BCUT2D eigenvalue weighted by molar-refractivity contribution is 0.102. The summed E-state index contributed by atoms with van der Waals surface area (Å²) < 4.78 is 33.4. The normalized spacial score (nSPS) is 10.7. The minimum atomic E-state index is -0.656. The van der Waals surface area contributed by atoms with Gasteiger partial charge in [0, 0.05) is 23.5 Å². The van der Waals surface area contributed by atoms with Gasteiger partial charge in [0.25, 0.3) is 5.91 Å². The molecule has 0 fully saturated rings. The minimum absolute atomic E-state index is 0.0927. The summed E-state index contributed by atoms with van der Waals surface area (Å²) in [5, 5.41) is 5.61. The molecule has 0 aliphatic rings. The van der Waals surface area contributed by atoms with Gasteiger partial charge < -0.3 is 15.4 Å². The van der Waals surface area contributed by atoms with Crippen molar-refractivity contribution < 1.29 is 18.3 Å². The molecule has 2 aromatic heterocycles. The first-order valence-electron chi connectivity index (χ1n) is 10.4. The van der Waals surface area contributed by atoms with E-state index in [1.165, 1.54) is 43.3 Å². The fourth-order valence-electron chi connectivity index (χ4n) is 3.34. The van der Waals surface area contributed by atoms with E-state index in [4.69, 9.17) is 4.74 Å². The maximum Gasteiger partial charge on any atom is 0.255 e. The molecule has 0 spiro atoms. The van der Waals surface area contributed by atoms with Gasteiger partial charge in [-0.3, -0.25) is 4.79 Å². The topological polar surface area (TPSA) is 89.0 Å². The summed E-state index contributed by atoms with van der Waals surface area (Å²) in [4.78, 5) is 25.9. The highest BCUT2D eigenvalue weighted by molar-refractivity contribution is 7.98. The molecule has 0 atom stereocenters. The number of para-hydroxylation sites is 1. The predicted octanol–water partition coefficient (Wildman–Crippen LogP) is 5.85. The van der Waals surface area contributed by atoms with Crippen LogP contribution in [-0.2, 0) is 0 Å². The molecule has 4 aromatic rings. The molecule has 4 rings (SSSR count). The first kappa shape index (κ1) is 24.1. The van der Waals surface area contributed by atoms with Crippen LogP contribution in [0.1, 0.15) is 15.9 Å². The number of anilines is 3. The number of carbonyl (C=O) groups is 1. The number of pyridine rings is 1. The van der Waals surface area contributed by atoms with Gasteiger partial charge in [0.15, 0.2) is 0 Å². The van der Waals surface area contributed by atoms with E-state index in [2.05, 4.69) is 25.6 Å². The number of nitrogens with one attached hydrogen (secondary N) is 2. The number of nitrogens with zero attached hydrogens (tertiary/aromatic N) is 3. The monoisotopic (exact) mass is 493 g/mol. The summed E-state index contributed by atoms with van der Waals surface area (Å²) >= 11 is 1.42. The van der Waals surface area contributed by atoms with Crippen LogP contribution in [0.25, 0.3) is 11.3 Å². The molecule has 2 heterocycles. The summed E-state index contributed by atoms with van der Waals surface area (Å²) in [5.74, 6) is -1.08. The van der Waals surface area contributed by atoms with E-state index < -0.39 is 17.7 Å². The molecule has 0 saturated heterocycles. The predicted molar refractivity (Wildman–Crippen MR) is 132 cm³/mol. The fraction of sp³-hybridized carbons (Fsp3) is 0.120. The molecule has 35 heavy (non-hydrogen) atoms. The van der Waals surface area contributed by atoms with Gasteiger partial charge >= 0.3 is 0 Å². The third-order valence-electron chi connectivity index (χ3n) is 5.15. The quantitative estimate of drug-likeness (QED) is 0.247. The van der Waals surface area contributed by atoms with Crippen LogP contribution in [0.5, 0.6) is 5.75 Å². The molecular weight excluding hydrogens is 472 g/mol. The highest BCUT2D eigenvalue weighted by Gasteiger charge is 2.15. The van der Waals surface area contributed by atoms with Crippen molar-refractivity contribution in [1.29, 1.82) is 0 Å². The average Bonchev–Trinajstić information content (AvgIpc) is 2.86. The Labute approximate surface area is 205 Å². The Kier molecular flexibility index (Phi) is 7.21. The van der Waals surface area contributed by atoms with E-state index >= 15 is 0 Å². The maximum absolute atomic E-state index is 14.9. The molecule has 7 nitrogen and oxygen atoms in total. The lowest BCUT2D eigenvalue weighted by Crippen LogP contribution is -2.14. The van der Waals surface area contributed by atoms with Crippen molar-refractivity contribution in [2.75, 3.05) is 24.0 Å². The Hall–Kier alpha value is -4.05. The highest BCUT2D eigenvalue weighted by atomic mass is 32.2. The zero-order chi connectivity index (χ0) is 24.9. The summed E-state index contributed by atoms with van der Waals surface area (Å²) in [6, 6.07) is 12.2. The summed E-state index contributed by atoms with van der Waals surface area (Å²) in [5.41, 5.74) is 2.69. The van der Waals surface area contributed by atoms with Crippen molar-refractivity contribution in [2.45, 2.75) is 11.8 Å². The number of amides is 1. The molecule has 2 N–H and O–H groups in total. The number of hydrogen-bond donors (Lipinski definition) is 2. The van der Waals surface area contributed by atoms with Gasteiger partial charge in [-0.1, -0.05) is 12.1 Å². The lowest BCUT2D eigenvalue weighted by Gasteiger charge is -2.14. The number of aryl methyl sites for hydroxylation is 1. The smallest absolute Gasteiger partial charge is 0.255 e. The number of ether oxygens (including phenoxy) is 1. The largest absolute Gasteiger partial charge is 0.495 e. The zero-order valence-corrected chi connectivity index (χ0v) is 19.9. The SMILES string of the molecule is COc1cccc(C)c1NC(=O)c1ccc(Nc2ncc(SC)c(-c3ccc(F)nc3)n2)c(F)c1. The van der Waals surface area contributed by atoms with Gasteiger partial charge in [0.2, 0.25) is 11.9 Å². The Morgan fingerprint density at radius 1 is 1.06 bits per heavy atom. The molecule has 0 radical (unpaired) electrons. The van der Waals surface area contributed by atoms with Crippen molar-refractivity contribution in [3.63, 3.8) is 0 Å². The number of benzene rings is 2. The van der Waals surface area contributed by atoms with Crippen LogP contribution < -0.4 is 15.4 Å². The van der Waals surface area contributed by atoms with Crippen LogP contribution in [0.2, 0.25) is 0 Å². The maximum atomic E-state index is 14.9. The molecule has 0 aliphatic carbocycles. The van der Waals surface area contributed by atoms with Crippen molar-refractivity contribution in [1.82, 2.24) is 15.0 Å². The summed E-state index contributed by atoms with van der Waals surface area (Å²) in [7, 11) is 1.51. The third kappa shape index (κ3) is 5.38. The van der Waals surface area contributed by atoms with E-state index in [0.717, 1.165) is 16.5 Å². The summed E-state index contributed by atoms with van der Waals surface area (Å²) in [6.07, 6.45) is 4.83. The lowest BCUT2D eigenvalue weighted by atomic mass is 10.1. The second-order valence-corrected chi connectivity index (χ2v) is 8.25. The van der Waals surface area contributed by atoms with Crippen molar-refractivity contribution in [3.8, 4) is 17.0 Å². The number of thioether (sulfide) groups is 1. The Morgan fingerprint density at radius 3 is 2.57 bits per heavy atom. The van der Waals surface area contributed by atoms with Gasteiger partial charge in [-0.15, -0.1) is 11.8 Å². The van der Waals surface area contributed by atoms with Crippen molar-refractivity contribution in [3.05, 3.63) is 83.8 Å². The number of hydrogen-bond acceptors (Lipinski definition) is 7. The molecule has 1 amide bonds. The first-order chi connectivity index (χ1) is 16.9. The minimum Gasteiger partial charge on any atom is -0.495 e. The molecule has 0 saturated carbocycles. The van der Waals surface area contributed by atoms with Crippen LogP contribution in [0.15, 0.2) is 65.8 Å². The zero-order valence-electron chi connectivity index (χ0n) is 19.1. The second-order valence-electron chi connectivity index (χ2n) is 7.41. The standard InChI is InChI=1S/C25H21F2N5O2S/c1-14-5-4-6-19(34-2)22(14)31-24(33)15-7-9-18(17(26)11-15)30-25-29-13-20(35-3)23(32-25)16-8-10-21(27)28-12-16/h4-13H,1-3H3,(H,31,33)(H,29,30,32). The molecule has 10 heteroatoms. The van der Waals surface area contributed by atoms with Gasteiger partial charge in [-0.25, -0.2) is 19.3 Å². The molecule has 0 bridgehead atoms. The van der Waals surface area contributed by atoms with E-state index in [1.54, 1.807) is 18.3 Å². The Bertz CT molecular complexity index is 1380. The number of halogens is 2. The van der Waals surface area contributed by atoms with Gasteiger partial charge in [0.05, 0.1) is 29.1 Å². The number of carbonyl (C=O) groups excluding carboxylic acids is 1. The van der Waals surface area contributed by atoms with Crippen LogP contribution in [0, 0.1) is 18.7 Å². The van der Waals surface area contributed by atoms with Crippen LogP contribution in [0.3, 0.4) is 0 Å². The van der Waals surface area contributed by atoms with E-state index in [1.807, 2.05) is 25.3 Å². The van der Waals surface area contributed by atoms with Crippen LogP contribution in [0.4, 0.5) is 26.1 Å². The van der Waals surface area contributed by atoms with E-state index in [9.17, 15) is 13.6 Å². The van der Waals surface area contributed by atoms with E-state index in [-0.39, 0.29) is 17.2 Å². The first-order valence-corrected chi connectivity index (χ1v) is 11.7. The van der Waals surface area contributed by atoms with Gasteiger partial charge in [-0.05, 0) is 55.1 Å². The fourth-order valence-corrected chi connectivity index (χ4v) is 3.85. The second kappa shape index (κ2) is 10.5. The molecule has 0 aliphatic heterocycles.